The highest BCUT2D eigenvalue weighted by Gasteiger charge is 2.28. The van der Waals surface area contributed by atoms with Crippen molar-refractivity contribution in [1.82, 2.24) is 24.5 Å². The zero-order valence-electron chi connectivity index (χ0n) is 21.9. The van der Waals surface area contributed by atoms with Gasteiger partial charge in [0, 0.05) is 43.6 Å². The van der Waals surface area contributed by atoms with Crippen LogP contribution in [0.4, 0.5) is 5.82 Å². The number of piperazine rings is 1. The first kappa shape index (κ1) is 23.6. The summed E-state index contributed by atoms with van der Waals surface area (Å²) in [5.41, 5.74) is 7.69. The molecule has 0 spiro atoms. The topological polar surface area (TPSA) is 49.6 Å². The van der Waals surface area contributed by atoms with E-state index in [9.17, 15) is 0 Å². The molecule has 0 radical (unpaired) electrons. The largest absolute Gasteiger partial charge is 0.354 e. The van der Waals surface area contributed by atoms with E-state index in [1.165, 1.54) is 16.7 Å². The molecule has 1 saturated heterocycles. The van der Waals surface area contributed by atoms with Crippen LogP contribution < -0.4 is 4.90 Å². The fourth-order valence-electron chi connectivity index (χ4n) is 5.76. The monoisotopic (exact) mass is 490 g/mol. The number of anilines is 1. The summed E-state index contributed by atoms with van der Waals surface area (Å²) in [4.78, 5) is 14.9. The summed E-state index contributed by atoms with van der Waals surface area (Å²) in [7, 11) is 0. The quantitative estimate of drug-likeness (QED) is 0.303. The Morgan fingerprint density at radius 2 is 1.46 bits per heavy atom. The van der Waals surface area contributed by atoms with E-state index in [4.69, 9.17) is 15.1 Å². The number of aryl methyl sites for hydroxylation is 3. The normalized spacial score (nSPS) is 14.8. The van der Waals surface area contributed by atoms with Crippen molar-refractivity contribution >= 4 is 22.5 Å². The Morgan fingerprint density at radius 1 is 0.811 bits per heavy atom. The lowest BCUT2D eigenvalue weighted by Gasteiger charge is -2.40. The maximum atomic E-state index is 5.04. The molecule has 5 aromatic rings. The SMILES string of the molecule is CCCc1cc(N2CCN(C(c3ccccc3)c3ccccc3)CC2)n2nc3nc(C)cc(C)c3c2n1. The zero-order chi connectivity index (χ0) is 25.4. The maximum Gasteiger partial charge on any atom is 0.184 e. The molecule has 1 aliphatic rings. The average molecular weight is 491 g/mol. The van der Waals surface area contributed by atoms with Gasteiger partial charge in [0.25, 0.3) is 0 Å². The molecule has 6 rings (SSSR count). The number of rotatable bonds is 6. The van der Waals surface area contributed by atoms with Gasteiger partial charge in [-0.25, -0.2) is 9.97 Å². The number of nitrogens with zero attached hydrogens (tertiary/aromatic N) is 6. The highest BCUT2D eigenvalue weighted by Crippen LogP contribution is 2.32. The summed E-state index contributed by atoms with van der Waals surface area (Å²) < 4.78 is 2.03. The molecule has 1 aliphatic heterocycles. The highest BCUT2D eigenvalue weighted by molar-refractivity contribution is 5.93. The molecule has 1 fully saturated rings. The second kappa shape index (κ2) is 9.94. The summed E-state index contributed by atoms with van der Waals surface area (Å²) in [6.45, 7) is 10.2. The van der Waals surface area contributed by atoms with E-state index in [1.807, 2.05) is 11.4 Å². The molecule has 0 saturated carbocycles. The van der Waals surface area contributed by atoms with Crippen LogP contribution in [0.25, 0.3) is 16.7 Å². The Hall–Kier alpha value is -3.77. The first-order valence-electron chi connectivity index (χ1n) is 13.4. The molecule has 0 amide bonds. The average Bonchev–Trinajstić information content (AvgIpc) is 3.29. The molecular weight excluding hydrogens is 456 g/mol. The van der Waals surface area contributed by atoms with Gasteiger partial charge in [0.05, 0.1) is 11.4 Å². The third kappa shape index (κ3) is 4.46. The van der Waals surface area contributed by atoms with E-state index in [-0.39, 0.29) is 6.04 Å². The first-order chi connectivity index (χ1) is 18.1. The molecule has 6 nitrogen and oxygen atoms in total. The van der Waals surface area contributed by atoms with Crippen molar-refractivity contribution in [3.8, 4) is 0 Å². The van der Waals surface area contributed by atoms with Gasteiger partial charge in [-0.3, -0.25) is 4.90 Å². The van der Waals surface area contributed by atoms with Gasteiger partial charge in [-0.2, -0.15) is 4.52 Å². The van der Waals surface area contributed by atoms with Crippen molar-refractivity contribution in [2.75, 3.05) is 31.1 Å². The standard InChI is InChI=1S/C31H34N6/c1-4-11-26-21-27(37-31(33-26)28-22(2)20-23(3)32-30(28)34-37)35-16-18-36(19-17-35)29(24-12-7-5-8-13-24)25-14-9-6-10-15-25/h5-10,12-15,20-21,29H,4,11,16-19H2,1-3H3. The van der Waals surface area contributed by atoms with Crippen LogP contribution in [0.2, 0.25) is 0 Å². The van der Waals surface area contributed by atoms with Gasteiger partial charge in [-0.15, -0.1) is 5.10 Å². The zero-order valence-corrected chi connectivity index (χ0v) is 21.9. The van der Waals surface area contributed by atoms with E-state index < -0.39 is 0 Å². The molecule has 188 valence electrons. The summed E-state index contributed by atoms with van der Waals surface area (Å²) in [6.07, 6.45) is 2.02. The number of hydrogen-bond donors (Lipinski definition) is 0. The van der Waals surface area contributed by atoms with E-state index in [0.717, 1.165) is 72.9 Å². The number of hydrogen-bond acceptors (Lipinski definition) is 5. The molecule has 2 aromatic carbocycles. The van der Waals surface area contributed by atoms with Crippen molar-refractivity contribution in [2.45, 2.75) is 39.7 Å². The molecule has 0 atom stereocenters. The molecular formula is C31H34N6. The van der Waals surface area contributed by atoms with E-state index in [0.29, 0.717) is 0 Å². The van der Waals surface area contributed by atoms with Crippen molar-refractivity contribution in [2.24, 2.45) is 0 Å². The van der Waals surface area contributed by atoms with Gasteiger partial charge in [0.2, 0.25) is 0 Å². The Morgan fingerprint density at radius 3 is 2.08 bits per heavy atom. The van der Waals surface area contributed by atoms with Gasteiger partial charge in [-0.1, -0.05) is 74.0 Å². The van der Waals surface area contributed by atoms with E-state index in [2.05, 4.69) is 96.4 Å². The molecule has 0 unspecified atom stereocenters. The van der Waals surface area contributed by atoms with Crippen LogP contribution in [0.1, 0.15) is 47.5 Å². The van der Waals surface area contributed by atoms with Gasteiger partial charge in [-0.05, 0) is 43.0 Å². The molecule has 3 aromatic heterocycles. The van der Waals surface area contributed by atoms with Crippen LogP contribution in [-0.4, -0.2) is 50.7 Å². The summed E-state index contributed by atoms with van der Waals surface area (Å²) in [5, 5.41) is 6.02. The van der Waals surface area contributed by atoms with Crippen LogP contribution in [0.5, 0.6) is 0 Å². The summed E-state index contributed by atoms with van der Waals surface area (Å²) >= 11 is 0. The minimum atomic E-state index is 0.250. The van der Waals surface area contributed by atoms with Crippen molar-refractivity contribution in [1.29, 1.82) is 0 Å². The molecule has 0 N–H and O–H groups in total. The van der Waals surface area contributed by atoms with E-state index in [1.54, 1.807) is 0 Å². The van der Waals surface area contributed by atoms with Gasteiger partial charge in [0.1, 0.15) is 5.82 Å². The van der Waals surface area contributed by atoms with Gasteiger partial charge < -0.3 is 4.90 Å². The fraction of sp³-hybridized carbons (Fsp3) is 0.323. The van der Waals surface area contributed by atoms with Crippen LogP contribution in [0.15, 0.2) is 72.8 Å². The number of aromatic nitrogens is 4. The van der Waals surface area contributed by atoms with Crippen LogP contribution in [-0.2, 0) is 6.42 Å². The Labute approximate surface area is 218 Å². The molecule has 4 heterocycles. The number of fused-ring (bicyclic) bond motifs is 3. The smallest absolute Gasteiger partial charge is 0.184 e. The number of pyridine rings is 1. The molecule has 0 bridgehead atoms. The van der Waals surface area contributed by atoms with E-state index >= 15 is 0 Å². The lowest BCUT2D eigenvalue weighted by Crippen LogP contribution is -2.48. The van der Waals surface area contributed by atoms with Gasteiger partial charge >= 0.3 is 0 Å². The molecule has 0 aliphatic carbocycles. The van der Waals surface area contributed by atoms with Crippen molar-refractivity contribution < 1.29 is 0 Å². The molecule has 37 heavy (non-hydrogen) atoms. The van der Waals surface area contributed by atoms with Gasteiger partial charge in [0.15, 0.2) is 11.3 Å². The van der Waals surface area contributed by atoms with Crippen molar-refractivity contribution in [3.05, 3.63) is 101 Å². The second-order valence-electron chi connectivity index (χ2n) is 10.1. The third-order valence-electron chi connectivity index (χ3n) is 7.45. The predicted molar refractivity (Wildman–Crippen MR) is 150 cm³/mol. The van der Waals surface area contributed by atoms with Crippen LogP contribution >= 0.6 is 0 Å². The third-order valence-corrected chi connectivity index (χ3v) is 7.45. The Kier molecular flexibility index (Phi) is 6.35. The predicted octanol–water partition coefficient (Wildman–Crippen LogP) is 5.76. The second-order valence-corrected chi connectivity index (χ2v) is 10.1. The highest BCUT2D eigenvalue weighted by atomic mass is 15.4. The van der Waals surface area contributed by atoms with Crippen LogP contribution in [0.3, 0.4) is 0 Å². The Balaban J connectivity index is 1.35. The molecule has 6 heteroatoms. The van der Waals surface area contributed by atoms with Crippen molar-refractivity contribution in [3.63, 3.8) is 0 Å². The lowest BCUT2D eigenvalue weighted by molar-refractivity contribution is 0.211. The summed E-state index contributed by atoms with van der Waals surface area (Å²) in [6, 6.07) is 26.4. The Bertz CT molecular complexity index is 1480. The fourth-order valence-corrected chi connectivity index (χ4v) is 5.76. The summed E-state index contributed by atoms with van der Waals surface area (Å²) in [5.74, 6) is 1.12. The first-order valence-corrected chi connectivity index (χ1v) is 13.4. The maximum absolute atomic E-state index is 5.04. The number of benzene rings is 2. The minimum absolute atomic E-state index is 0.250. The lowest BCUT2D eigenvalue weighted by atomic mass is 9.96. The van der Waals surface area contributed by atoms with Crippen LogP contribution in [0, 0.1) is 13.8 Å². The minimum Gasteiger partial charge on any atom is -0.354 e.